The Morgan fingerprint density at radius 2 is 1.96 bits per heavy atom. The highest BCUT2D eigenvalue weighted by Crippen LogP contribution is 2.25. The fourth-order valence-electron chi connectivity index (χ4n) is 2.26. The summed E-state index contributed by atoms with van der Waals surface area (Å²) in [6.45, 7) is 11.7. The van der Waals surface area contributed by atoms with Crippen molar-refractivity contribution in [3.8, 4) is 0 Å². The fourth-order valence-corrected chi connectivity index (χ4v) is 2.26. The molecule has 1 fully saturated rings. The molecular weight excluding hydrogens is 296 g/mol. The third-order valence-electron chi connectivity index (χ3n) is 4.06. The predicted molar refractivity (Wildman–Crippen MR) is 87.4 cm³/mol. The van der Waals surface area contributed by atoms with Gasteiger partial charge in [0.1, 0.15) is 11.4 Å². The Kier molecular flexibility index (Phi) is 5.47. The van der Waals surface area contributed by atoms with Crippen LogP contribution in [0.1, 0.15) is 53.2 Å². The van der Waals surface area contributed by atoms with Crippen molar-refractivity contribution in [1.82, 2.24) is 5.16 Å². The zero-order chi connectivity index (χ0) is 17.1. The smallest absolute Gasteiger partial charge is 0.257 e. The Hall–Kier alpha value is -1.40. The van der Waals surface area contributed by atoms with Gasteiger partial charge in [-0.3, -0.25) is 4.79 Å². The SMILES string of the molecule is CC(C)(OCC1CCOCC1)C(=O)Nc1cc(C(C)(C)C)on1. The highest BCUT2D eigenvalue weighted by atomic mass is 16.5. The van der Waals surface area contributed by atoms with Crippen molar-refractivity contribution in [2.45, 2.75) is 58.5 Å². The minimum Gasteiger partial charge on any atom is -0.381 e. The second kappa shape index (κ2) is 7.01. The van der Waals surface area contributed by atoms with Crippen LogP contribution in [-0.4, -0.2) is 36.5 Å². The normalized spacial score (nSPS) is 17.3. The van der Waals surface area contributed by atoms with Gasteiger partial charge in [-0.05, 0) is 32.6 Å². The maximum atomic E-state index is 12.4. The molecule has 0 radical (unpaired) electrons. The van der Waals surface area contributed by atoms with E-state index in [1.54, 1.807) is 19.9 Å². The molecule has 1 amide bonds. The number of hydrogen-bond acceptors (Lipinski definition) is 5. The summed E-state index contributed by atoms with van der Waals surface area (Å²) >= 11 is 0. The van der Waals surface area contributed by atoms with Gasteiger partial charge >= 0.3 is 0 Å². The molecule has 1 N–H and O–H groups in total. The lowest BCUT2D eigenvalue weighted by atomic mass is 9.93. The molecule has 1 aromatic heterocycles. The first-order valence-corrected chi connectivity index (χ1v) is 8.19. The Labute approximate surface area is 137 Å². The summed E-state index contributed by atoms with van der Waals surface area (Å²) in [6, 6.07) is 1.76. The number of ether oxygens (including phenoxy) is 2. The average molecular weight is 324 g/mol. The molecule has 1 saturated heterocycles. The van der Waals surface area contributed by atoms with E-state index in [2.05, 4.69) is 10.5 Å². The van der Waals surface area contributed by atoms with E-state index < -0.39 is 5.60 Å². The molecule has 130 valence electrons. The molecule has 0 saturated carbocycles. The lowest BCUT2D eigenvalue weighted by Crippen LogP contribution is -2.41. The molecule has 0 spiro atoms. The first kappa shape index (κ1) is 17.9. The van der Waals surface area contributed by atoms with Crippen molar-refractivity contribution in [3.63, 3.8) is 0 Å². The second-order valence-corrected chi connectivity index (χ2v) is 7.66. The van der Waals surface area contributed by atoms with E-state index >= 15 is 0 Å². The van der Waals surface area contributed by atoms with Gasteiger partial charge in [-0.1, -0.05) is 25.9 Å². The van der Waals surface area contributed by atoms with E-state index in [0.29, 0.717) is 18.3 Å². The molecule has 1 aliphatic rings. The van der Waals surface area contributed by atoms with Crippen molar-refractivity contribution in [2.75, 3.05) is 25.1 Å². The topological polar surface area (TPSA) is 73.6 Å². The highest BCUT2D eigenvalue weighted by molar-refractivity contribution is 5.95. The standard InChI is InChI=1S/C17H28N2O4/c1-16(2,3)13-10-14(19-23-13)18-15(20)17(4,5)22-11-12-6-8-21-9-7-12/h10,12H,6-9,11H2,1-5H3,(H,18,19,20). The van der Waals surface area contributed by atoms with Gasteiger partial charge in [0.05, 0.1) is 6.61 Å². The van der Waals surface area contributed by atoms with Gasteiger partial charge in [0.15, 0.2) is 5.82 Å². The number of hydrogen-bond donors (Lipinski definition) is 1. The number of rotatable bonds is 5. The monoisotopic (exact) mass is 324 g/mol. The van der Waals surface area contributed by atoms with Crippen LogP contribution < -0.4 is 5.32 Å². The molecule has 2 heterocycles. The highest BCUT2D eigenvalue weighted by Gasteiger charge is 2.31. The van der Waals surface area contributed by atoms with Gasteiger partial charge in [-0.15, -0.1) is 0 Å². The quantitative estimate of drug-likeness (QED) is 0.901. The number of carbonyl (C=O) groups excluding carboxylic acids is 1. The Bertz CT molecular complexity index is 525. The molecular formula is C17H28N2O4. The van der Waals surface area contributed by atoms with Gasteiger partial charge in [0.2, 0.25) is 0 Å². The summed E-state index contributed by atoms with van der Waals surface area (Å²) in [5, 5.41) is 6.68. The summed E-state index contributed by atoms with van der Waals surface area (Å²) in [5.41, 5.74) is -1.07. The van der Waals surface area contributed by atoms with Crippen LogP contribution in [0.3, 0.4) is 0 Å². The first-order valence-electron chi connectivity index (χ1n) is 8.19. The van der Waals surface area contributed by atoms with Gasteiger partial charge in [0, 0.05) is 24.7 Å². The molecule has 0 aliphatic carbocycles. The van der Waals surface area contributed by atoms with Crippen LogP contribution in [0.4, 0.5) is 5.82 Å². The summed E-state index contributed by atoms with van der Waals surface area (Å²) in [6.07, 6.45) is 1.96. The molecule has 0 atom stereocenters. The fraction of sp³-hybridized carbons (Fsp3) is 0.765. The largest absolute Gasteiger partial charge is 0.381 e. The number of nitrogens with one attached hydrogen (secondary N) is 1. The Morgan fingerprint density at radius 1 is 1.30 bits per heavy atom. The average Bonchev–Trinajstić information content (AvgIpc) is 2.95. The molecule has 0 aromatic carbocycles. The third kappa shape index (κ3) is 5.04. The predicted octanol–water partition coefficient (Wildman–Crippen LogP) is 3.13. The van der Waals surface area contributed by atoms with E-state index in [0.717, 1.165) is 31.8 Å². The van der Waals surface area contributed by atoms with Crippen LogP contribution in [-0.2, 0) is 19.7 Å². The van der Waals surface area contributed by atoms with Crippen molar-refractivity contribution < 1.29 is 18.8 Å². The van der Waals surface area contributed by atoms with Crippen LogP contribution in [0, 0.1) is 5.92 Å². The summed E-state index contributed by atoms with van der Waals surface area (Å²) in [7, 11) is 0. The molecule has 2 rings (SSSR count). The molecule has 0 bridgehead atoms. The van der Waals surface area contributed by atoms with E-state index in [9.17, 15) is 4.79 Å². The van der Waals surface area contributed by atoms with Gasteiger partial charge in [-0.25, -0.2) is 0 Å². The van der Waals surface area contributed by atoms with Crippen LogP contribution >= 0.6 is 0 Å². The van der Waals surface area contributed by atoms with Crippen LogP contribution in [0.2, 0.25) is 0 Å². The lowest BCUT2D eigenvalue weighted by Gasteiger charge is -2.28. The lowest BCUT2D eigenvalue weighted by molar-refractivity contribution is -0.139. The molecule has 6 heteroatoms. The second-order valence-electron chi connectivity index (χ2n) is 7.66. The van der Waals surface area contributed by atoms with Crippen LogP contribution in [0.5, 0.6) is 0 Å². The maximum absolute atomic E-state index is 12.4. The molecule has 1 aliphatic heterocycles. The van der Waals surface area contributed by atoms with Gasteiger partial charge < -0.3 is 19.3 Å². The Morgan fingerprint density at radius 3 is 2.52 bits per heavy atom. The zero-order valence-electron chi connectivity index (χ0n) is 14.8. The molecule has 6 nitrogen and oxygen atoms in total. The van der Waals surface area contributed by atoms with Crippen LogP contribution in [0.15, 0.2) is 10.6 Å². The Balaban J connectivity index is 1.88. The minimum atomic E-state index is -0.918. The van der Waals surface area contributed by atoms with E-state index in [1.807, 2.05) is 20.8 Å². The van der Waals surface area contributed by atoms with Crippen molar-refractivity contribution >= 4 is 11.7 Å². The summed E-state index contributed by atoms with van der Waals surface area (Å²) < 4.78 is 16.5. The molecule has 0 unspecified atom stereocenters. The van der Waals surface area contributed by atoms with E-state index in [-0.39, 0.29) is 11.3 Å². The number of nitrogens with zero attached hydrogens (tertiary/aromatic N) is 1. The number of carbonyl (C=O) groups is 1. The summed E-state index contributed by atoms with van der Waals surface area (Å²) in [4.78, 5) is 12.4. The summed E-state index contributed by atoms with van der Waals surface area (Å²) in [5.74, 6) is 1.38. The maximum Gasteiger partial charge on any atom is 0.257 e. The zero-order valence-corrected chi connectivity index (χ0v) is 14.8. The number of amides is 1. The third-order valence-corrected chi connectivity index (χ3v) is 4.06. The molecule has 1 aromatic rings. The van der Waals surface area contributed by atoms with Crippen molar-refractivity contribution in [2.24, 2.45) is 5.92 Å². The van der Waals surface area contributed by atoms with E-state index in [4.69, 9.17) is 14.0 Å². The number of anilines is 1. The van der Waals surface area contributed by atoms with Gasteiger partial charge in [0.25, 0.3) is 5.91 Å². The van der Waals surface area contributed by atoms with E-state index in [1.165, 1.54) is 0 Å². The van der Waals surface area contributed by atoms with Crippen molar-refractivity contribution in [3.05, 3.63) is 11.8 Å². The number of aromatic nitrogens is 1. The first-order chi connectivity index (χ1) is 10.7. The van der Waals surface area contributed by atoms with Crippen LogP contribution in [0.25, 0.3) is 0 Å². The molecule has 23 heavy (non-hydrogen) atoms. The van der Waals surface area contributed by atoms with Crippen molar-refractivity contribution in [1.29, 1.82) is 0 Å². The van der Waals surface area contributed by atoms with Gasteiger partial charge in [-0.2, -0.15) is 0 Å². The minimum absolute atomic E-state index is 0.148.